The van der Waals surface area contributed by atoms with Crippen LogP contribution in [0.1, 0.15) is 28.5 Å². The molecule has 1 fully saturated rings. The fourth-order valence-electron chi connectivity index (χ4n) is 3.16. The van der Waals surface area contributed by atoms with E-state index in [9.17, 15) is 18.0 Å². The van der Waals surface area contributed by atoms with Crippen molar-refractivity contribution in [3.8, 4) is 10.6 Å². The Labute approximate surface area is 197 Å². The number of anilines is 1. The summed E-state index contributed by atoms with van der Waals surface area (Å²) in [6.07, 6.45) is -3.85. The van der Waals surface area contributed by atoms with Crippen molar-refractivity contribution < 1.29 is 37.2 Å². The summed E-state index contributed by atoms with van der Waals surface area (Å²) in [6, 6.07) is 11.9. The molecule has 1 aliphatic carbocycles. The SMILES string of the molecule is C=O.C=O.CNC1(C(=O)O)CC1c1cccc(N)c1.Cc1ccc(-c2cc(C(F)(F)F)on2)s1. The van der Waals surface area contributed by atoms with Gasteiger partial charge in [-0.2, -0.15) is 13.2 Å². The second kappa shape index (κ2) is 12.1. The number of hydrogen-bond acceptors (Lipinski definition) is 8. The molecule has 0 saturated heterocycles. The van der Waals surface area contributed by atoms with Crippen molar-refractivity contribution in [1.29, 1.82) is 0 Å². The molecule has 1 saturated carbocycles. The number of hydrogen-bond donors (Lipinski definition) is 3. The first-order valence-electron chi connectivity index (χ1n) is 9.53. The highest BCUT2D eigenvalue weighted by Gasteiger charge is 2.60. The average Bonchev–Trinajstić information content (AvgIpc) is 3.10. The summed E-state index contributed by atoms with van der Waals surface area (Å²) < 4.78 is 40.8. The van der Waals surface area contributed by atoms with Gasteiger partial charge >= 0.3 is 12.1 Å². The van der Waals surface area contributed by atoms with Crippen LogP contribution in [-0.4, -0.2) is 42.4 Å². The lowest BCUT2D eigenvalue weighted by atomic mass is 10.1. The van der Waals surface area contributed by atoms with E-state index in [1.54, 1.807) is 19.2 Å². The van der Waals surface area contributed by atoms with Gasteiger partial charge in [-0.15, -0.1) is 11.3 Å². The summed E-state index contributed by atoms with van der Waals surface area (Å²) >= 11 is 1.37. The van der Waals surface area contributed by atoms with Crippen molar-refractivity contribution in [3.05, 3.63) is 58.7 Å². The molecule has 4 N–H and O–H groups in total. The highest BCUT2D eigenvalue weighted by atomic mass is 32.1. The minimum atomic E-state index is -4.47. The number of rotatable bonds is 4. The smallest absolute Gasteiger partial charge is 0.452 e. The van der Waals surface area contributed by atoms with Gasteiger partial charge in [0.15, 0.2) is 0 Å². The average molecular weight is 500 g/mol. The number of carbonyl (C=O) groups is 3. The highest BCUT2D eigenvalue weighted by Crippen LogP contribution is 2.51. The molecule has 8 nitrogen and oxygen atoms in total. The second-order valence-corrected chi connectivity index (χ2v) is 8.23. The summed E-state index contributed by atoms with van der Waals surface area (Å²) in [4.78, 5) is 28.8. The predicted molar refractivity (Wildman–Crippen MR) is 121 cm³/mol. The molecule has 34 heavy (non-hydrogen) atoms. The zero-order valence-corrected chi connectivity index (χ0v) is 19.2. The number of benzene rings is 1. The molecule has 4 rings (SSSR count). The van der Waals surface area contributed by atoms with Crippen LogP contribution in [0.25, 0.3) is 10.6 Å². The molecule has 2 unspecified atom stereocenters. The lowest BCUT2D eigenvalue weighted by Crippen LogP contribution is -2.38. The fourth-order valence-corrected chi connectivity index (χ4v) is 3.98. The molecule has 0 aliphatic heterocycles. The van der Waals surface area contributed by atoms with E-state index in [0.29, 0.717) is 17.0 Å². The number of likely N-dealkylation sites (N-methyl/N-ethyl adjacent to an activating group) is 1. The Morgan fingerprint density at radius 2 is 1.88 bits per heavy atom. The van der Waals surface area contributed by atoms with Gasteiger partial charge in [-0.1, -0.05) is 17.3 Å². The third-order valence-corrected chi connectivity index (χ3v) is 5.91. The van der Waals surface area contributed by atoms with E-state index in [4.69, 9.17) is 20.4 Å². The van der Waals surface area contributed by atoms with E-state index in [0.717, 1.165) is 16.5 Å². The van der Waals surface area contributed by atoms with Gasteiger partial charge in [0.05, 0.1) is 4.88 Å². The number of carboxylic acid groups (broad SMARTS) is 1. The zero-order valence-electron chi connectivity index (χ0n) is 18.4. The molecular formula is C22H24F3N3O5S. The summed E-state index contributed by atoms with van der Waals surface area (Å²) in [5.41, 5.74) is 6.77. The Bertz CT molecular complexity index is 1080. The van der Waals surface area contributed by atoms with Crippen molar-refractivity contribution in [2.24, 2.45) is 0 Å². The van der Waals surface area contributed by atoms with E-state index in [1.165, 1.54) is 11.3 Å². The number of nitrogens with zero attached hydrogens (tertiary/aromatic N) is 1. The van der Waals surface area contributed by atoms with Crippen molar-refractivity contribution in [2.75, 3.05) is 12.8 Å². The van der Waals surface area contributed by atoms with Gasteiger partial charge in [0.1, 0.15) is 24.8 Å². The predicted octanol–water partition coefficient (Wildman–Crippen LogP) is 4.16. The summed E-state index contributed by atoms with van der Waals surface area (Å²) in [5.74, 6) is -1.83. The van der Waals surface area contributed by atoms with Crippen molar-refractivity contribution >= 4 is 36.6 Å². The lowest BCUT2D eigenvalue weighted by Gasteiger charge is -2.11. The van der Waals surface area contributed by atoms with Crippen LogP contribution in [0.5, 0.6) is 0 Å². The van der Waals surface area contributed by atoms with E-state index in [-0.39, 0.29) is 11.6 Å². The minimum absolute atomic E-state index is 0.0310. The summed E-state index contributed by atoms with van der Waals surface area (Å²) in [6.45, 7) is 5.87. The molecule has 0 amide bonds. The Morgan fingerprint density at radius 1 is 1.24 bits per heavy atom. The number of thiophene rings is 1. The Kier molecular flexibility index (Phi) is 10.1. The third-order valence-electron chi connectivity index (χ3n) is 4.88. The van der Waals surface area contributed by atoms with Crippen LogP contribution >= 0.6 is 11.3 Å². The Morgan fingerprint density at radius 3 is 2.29 bits per heavy atom. The van der Waals surface area contributed by atoms with Crippen molar-refractivity contribution in [1.82, 2.24) is 10.5 Å². The molecule has 0 spiro atoms. The molecule has 3 aromatic rings. The number of nitrogens with two attached hydrogens (primary N) is 1. The van der Waals surface area contributed by atoms with E-state index < -0.39 is 23.4 Å². The Hall–Kier alpha value is -3.51. The molecule has 2 aromatic heterocycles. The molecule has 1 aliphatic rings. The maximum Gasteiger partial charge on any atom is 0.452 e. The van der Waals surface area contributed by atoms with Crippen LogP contribution in [0.2, 0.25) is 0 Å². The third kappa shape index (κ3) is 6.75. The second-order valence-electron chi connectivity index (χ2n) is 6.94. The van der Waals surface area contributed by atoms with Crippen LogP contribution in [0.3, 0.4) is 0 Å². The van der Waals surface area contributed by atoms with Gasteiger partial charge in [0, 0.05) is 22.5 Å². The number of aliphatic carboxylic acids is 1. The molecule has 0 radical (unpaired) electrons. The van der Waals surface area contributed by atoms with Crippen LogP contribution in [0, 0.1) is 6.92 Å². The van der Waals surface area contributed by atoms with E-state index >= 15 is 0 Å². The van der Waals surface area contributed by atoms with Crippen LogP contribution in [-0.2, 0) is 20.6 Å². The van der Waals surface area contributed by atoms with Crippen molar-refractivity contribution in [2.45, 2.75) is 31.0 Å². The molecular weight excluding hydrogens is 475 g/mol. The largest absolute Gasteiger partial charge is 0.480 e. The molecule has 12 heteroatoms. The summed E-state index contributed by atoms with van der Waals surface area (Å²) in [7, 11) is 1.68. The zero-order chi connectivity index (χ0) is 26.1. The lowest BCUT2D eigenvalue weighted by molar-refractivity contribution is -0.155. The first kappa shape index (κ1) is 28.5. The highest BCUT2D eigenvalue weighted by molar-refractivity contribution is 7.15. The van der Waals surface area contributed by atoms with Gasteiger partial charge in [-0.05, 0) is 50.2 Å². The first-order valence-corrected chi connectivity index (χ1v) is 10.3. The number of nitrogen functional groups attached to an aromatic ring is 1. The number of nitrogens with one attached hydrogen (secondary N) is 1. The molecule has 2 heterocycles. The topological polar surface area (TPSA) is 136 Å². The number of aromatic nitrogens is 1. The van der Waals surface area contributed by atoms with Gasteiger partial charge in [0.25, 0.3) is 0 Å². The summed E-state index contributed by atoms with van der Waals surface area (Å²) in [5, 5.41) is 15.4. The number of halogens is 3. The maximum absolute atomic E-state index is 12.2. The van der Waals surface area contributed by atoms with Gasteiger partial charge in [0.2, 0.25) is 5.76 Å². The number of carbonyl (C=O) groups excluding carboxylic acids is 2. The first-order chi connectivity index (χ1) is 16.1. The van der Waals surface area contributed by atoms with E-state index in [2.05, 4.69) is 15.0 Å². The van der Waals surface area contributed by atoms with Gasteiger partial charge in [-0.25, -0.2) is 0 Å². The number of carboxylic acids is 1. The monoisotopic (exact) mass is 499 g/mol. The minimum Gasteiger partial charge on any atom is -0.480 e. The van der Waals surface area contributed by atoms with E-state index in [1.807, 2.05) is 44.8 Å². The van der Waals surface area contributed by atoms with Gasteiger partial charge in [-0.3, -0.25) is 4.79 Å². The molecule has 2 atom stereocenters. The molecule has 0 bridgehead atoms. The quantitative estimate of drug-likeness (QED) is 0.456. The standard InChI is InChI=1S/C11H14N2O2.C9H6F3NOS.2CH2O/c1-13-11(10(14)15)6-9(11)7-3-2-4-8(12)5-7;1-5-2-3-7(15-5)6-4-8(14-13-6)9(10,11)12;2*1-2/h2-5,9,13H,6,12H2,1H3,(H,14,15);2-4H,1H3;2*1H2. The fraction of sp³-hybridized carbons (Fsp3) is 0.273. The maximum atomic E-state index is 12.2. The van der Waals surface area contributed by atoms with Crippen LogP contribution in [0.15, 0.2) is 47.0 Å². The van der Waals surface area contributed by atoms with Crippen LogP contribution < -0.4 is 11.1 Å². The normalized spacial score (nSPS) is 18.2. The number of aryl methyl sites for hydroxylation is 1. The molecule has 1 aromatic carbocycles. The van der Waals surface area contributed by atoms with Crippen LogP contribution in [0.4, 0.5) is 18.9 Å². The Balaban J connectivity index is 0.000000297. The molecule has 184 valence electrons. The van der Waals surface area contributed by atoms with Gasteiger partial charge < -0.3 is 30.3 Å². The number of alkyl halides is 3. The van der Waals surface area contributed by atoms with Crippen molar-refractivity contribution in [3.63, 3.8) is 0 Å².